The van der Waals surface area contributed by atoms with E-state index < -0.39 is 0 Å². The van der Waals surface area contributed by atoms with E-state index in [9.17, 15) is 4.39 Å². The van der Waals surface area contributed by atoms with Crippen LogP contribution in [0, 0.1) is 11.7 Å². The van der Waals surface area contributed by atoms with E-state index in [1.807, 2.05) is 0 Å². The summed E-state index contributed by atoms with van der Waals surface area (Å²) in [5, 5.41) is 12.0. The van der Waals surface area contributed by atoms with Gasteiger partial charge in [0.2, 0.25) is 0 Å². The van der Waals surface area contributed by atoms with Crippen LogP contribution in [0.4, 0.5) is 4.39 Å². The predicted molar refractivity (Wildman–Crippen MR) is 72.5 cm³/mol. The molecule has 0 bridgehead atoms. The van der Waals surface area contributed by atoms with Crippen molar-refractivity contribution in [3.8, 4) is 5.75 Å². The van der Waals surface area contributed by atoms with Gasteiger partial charge < -0.3 is 9.94 Å². The van der Waals surface area contributed by atoms with E-state index in [1.54, 1.807) is 13.0 Å². The van der Waals surface area contributed by atoms with Crippen molar-refractivity contribution in [2.75, 3.05) is 6.61 Å². The number of oxime groups is 1. The third kappa shape index (κ3) is 3.69. The van der Waals surface area contributed by atoms with Crippen LogP contribution in [0.3, 0.4) is 0 Å². The lowest BCUT2D eigenvalue weighted by Gasteiger charge is -2.22. The Morgan fingerprint density at radius 3 is 2.79 bits per heavy atom. The van der Waals surface area contributed by atoms with E-state index in [0.717, 1.165) is 0 Å². The van der Waals surface area contributed by atoms with Gasteiger partial charge >= 0.3 is 0 Å². The molecule has 0 saturated heterocycles. The number of hydrogen-bond donors (Lipinski definition) is 1. The molecule has 0 amide bonds. The molecule has 19 heavy (non-hydrogen) atoms. The molecule has 0 radical (unpaired) electrons. The summed E-state index contributed by atoms with van der Waals surface area (Å²) in [7, 11) is 0. The summed E-state index contributed by atoms with van der Waals surface area (Å²) < 4.78 is 19.0. The number of rotatable bonds is 4. The Hall–Kier alpha value is -1.58. The van der Waals surface area contributed by atoms with Crippen LogP contribution >= 0.6 is 0 Å². The minimum atomic E-state index is -0.340. The topological polar surface area (TPSA) is 41.8 Å². The first-order valence-electron chi connectivity index (χ1n) is 6.82. The standard InChI is InChI=1S/C15H20FNO2/c1-11(17-18)14-8-7-13(16)9-15(14)19-10-12-5-3-2-4-6-12/h7-9,12,18H,2-6,10H2,1H3/b17-11-. The normalized spacial score (nSPS) is 17.5. The summed E-state index contributed by atoms with van der Waals surface area (Å²) in [6.45, 7) is 2.27. The maximum absolute atomic E-state index is 13.3. The average Bonchev–Trinajstić information content (AvgIpc) is 2.45. The summed E-state index contributed by atoms with van der Waals surface area (Å²) in [4.78, 5) is 0. The van der Waals surface area contributed by atoms with Gasteiger partial charge in [0.1, 0.15) is 11.6 Å². The molecule has 3 nitrogen and oxygen atoms in total. The molecular formula is C15H20FNO2. The molecule has 1 aliphatic rings. The SMILES string of the molecule is C/C(=N/O)c1ccc(F)cc1OCC1CCCCC1. The molecule has 0 aromatic heterocycles. The summed E-state index contributed by atoms with van der Waals surface area (Å²) in [6.07, 6.45) is 6.16. The quantitative estimate of drug-likeness (QED) is 0.508. The first-order valence-corrected chi connectivity index (χ1v) is 6.82. The Labute approximate surface area is 113 Å². The minimum Gasteiger partial charge on any atom is -0.492 e. The molecule has 2 rings (SSSR count). The number of halogens is 1. The second kappa shape index (κ2) is 6.55. The Kier molecular flexibility index (Phi) is 4.77. The summed E-state index contributed by atoms with van der Waals surface area (Å²) >= 11 is 0. The number of ether oxygens (including phenoxy) is 1. The number of benzene rings is 1. The van der Waals surface area contributed by atoms with Crippen molar-refractivity contribution in [1.29, 1.82) is 0 Å². The van der Waals surface area contributed by atoms with Crippen molar-refractivity contribution in [3.63, 3.8) is 0 Å². The molecule has 1 saturated carbocycles. The van der Waals surface area contributed by atoms with E-state index in [2.05, 4.69) is 5.16 Å². The van der Waals surface area contributed by atoms with Crippen LogP contribution in [0.1, 0.15) is 44.6 Å². The first-order chi connectivity index (χ1) is 9.20. The number of hydrogen-bond acceptors (Lipinski definition) is 3. The highest BCUT2D eigenvalue weighted by molar-refractivity contribution is 6.00. The Bertz CT molecular complexity index is 453. The monoisotopic (exact) mass is 265 g/mol. The Balaban J connectivity index is 2.07. The van der Waals surface area contributed by atoms with Gasteiger partial charge in [-0.15, -0.1) is 0 Å². The van der Waals surface area contributed by atoms with Crippen molar-refractivity contribution in [2.45, 2.75) is 39.0 Å². The van der Waals surface area contributed by atoms with Gasteiger partial charge in [0, 0.05) is 11.6 Å². The van der Waals surface area contributed by atoms with Crippen LogP contribution < -0.4 is 4.74 Å². The van der Waals surface area contributed by atoms with Crippen molar-refractivity contribution in [1.82, 2.24) is 0 Å². The summed E-state index contributed by atoms with van der Waals surface area (Å²) in [5.41, 5.74) is 1.07. The molecule has 1 fully saturated rings. The van der Waals surface area contributed by atoms with Gasteiger partial charge in [0.05, 0.1) is 12.3 Å². The van der Waals surface area contributed by atoms with Gasteiger partial charge in [-0.05, 0) is 37.8 Å². The summed E-state index contributed by atoms with van der Waals surface area (Å²) in [5.74, 6) is 0.672. The van der Waals surface area contributed by atoms with Gasteiger partial charge in [-0.1, -0.05) is 24.4 Å². The molecule has 0 unspecified atom stereocenters. The van der Waals surface area contributed by atoms with Gasteiger partial charge in [0.15, 0.2) is 0 Å². The van der Waals surface area contributed by atoms with Crippen LogP contribution in [-0.4, -0.2) is 17.5 Å². The van der Waals surface area contributed by atoms with E-state index in [1.165, 1.54) is 44.2 Å². The minimum absolute atomic E-state index is 0.340. The molecule has 0 atom stereocenters. The second-order valence-corrected chi connectivity index (χ2v) is 5.14. The maximum Gasteiger partial charge on any atom is 0.131 e. The molecule has 4 heteroatoms. The summed E-state index contributed by atoms with van der Waals surface area (Å²) in [6, 6.07) is 4.28. The Morgan fingerprint density at radius 2 is 2.11 bits per heavy atom. The fourth-order valence-electron chi connectivity index (χ4n) is 2.53. The maximum atomic E-state index is 13.3. The zero-order valence-corrected chi connectivity index (χ0v) is 11.2. The van der Waals surface area contributed by atoms with E-state index >= 15 is 0 Å². The zero-order valence-electron chi connectivity index (χ0n) is 11.2. The highest BCUT2D eigenvalue weighted by Crippen LogP contribution is 2.26. The van der Waals surface area contributed by atoms with Crippen molar-refractivity contribution in [2.24, 2.45) is 11.1 Å². The van der Waals surface area contributed by atoms with Gasteiger partial charge in [0.25, 0.3) is 0 Å². The Morgan fingerprint density at radius 1 is 1.37 bits per heavy atom. The molecule has 104 valence electrons. The fourth-order valence-corrected chi connectivity index (χ4v) is 2.53. The second-order valence-electron chi connectivity index (χ2n) is 5.14. The lowest BCUT2D eigenvalue weighted by Crippen LogP contribution is -2.16. The van der Waals surface area contributed by atoms with Crippen molar-refractivity contribution in [3.05, 3.63) is 29.6 Å². The van der Waals surface area contributed by atoms with Crippen molar-refractivity contribution >= 4 is 5.71 Å². The molecular weight excluding hydrogens is 245 g/mol. The smallest absolute Gasteiger partial charge is 0.131 e. The van der Waals surface area contributed by atoms with Crippen LogP contribution in [0.15, 0.2) is 23.4 Å². The van der Waals surface area contributed by atoms with Gasteiger partial charge in [-0.25, -0.2) is 4.39 Å². The fraction of sp³-hybridized carbons (Fsp3) is 0.533. The van der Waals surface area contributed by atoms with Crippen LogP contribution in [0.25, 0.3) is 0 Å². The zero-order chi connectivity index (χ0) is 13.7. The van der Waals surface area contributed by atoms with Crippen LogP contribution in [0.5, 0.6) is 5.75 Å². The molecule has 1 N–H and O–H groups in total. The first kappa shape index (κ1) is 13.8. The van der Waals surface area contributed by atoms with E-state index in [4.69, 9.17) is 9.94 Å². The predicted octanol–water partition coefficient (Wildman–Crippen LogP) is 3.98. The third-order valence-corrected chi connectivity index (χ3v) is 3.68. The molecule has 1 aliphatic carbocycles. The van der Waals surface area contributed by atoms with E-state index in [-0.39, 0.29) is 5.82 Å². The largest absolute Gasteiger partial charge is 0.492 e. The molecule has 1 aromatic rings. The molecule has 0 spiro atoms. The lowest BCUT2D eigenvalue weighted by atomic mass is 9.90. The lowest BCUT2D eigenvalue weighted by molar-refractivity contribution is 0.208. The highest BCUT2D eigenvalue weighted by Gasteiger charge is 2.16. The van der Waals surface area contributed by atoms with E-state index in [0.29, 0.717) is 29.5 Å². The van der Waals surface area contributed by atoms with Gasteiger partial charge in [-0.3, -0.25) is 0 Å². The van der Waals surface area contributed by atoms with Crippen molar-refractivity contribution < 1.29 is 14.3 Å². The highest BCUT2D eigenvalue weighted by atomic mass is 19.1. The van der Waals surface area contributed by atoms with Crippen LogP contribution in [0.2, 0.25) is 0 Å². The molecule has 0 aliphatic heterocycles. The number of nitrogens with zero attached hydrogens (tertiary/aromatic N) is 1. The van der Waals surface area contributed by atoms with Gasteiger partial charge in [-0.2, -0.15) is 0 Å². The molecule has 1 aromatic carbocycles. The third-order valence-electron chi connectivity index (χ3n) is 3.68. The molecule has 0 heterocycles. The average molecular weight is 265 g/mol. The van der Waals surface area contributed by atoms with Crippen LogP contribution in [-0.2, 0) is 0 Å².